The smallest absolute Gasteiger partial charge is 0.337 e. The molecule has 0 saturated carbocycles. The number of nitrogens with zero attached hydrogens (tertiary/aromatic N) is 3. The summed E-state index contributed by atoms with van der Waals surface area (Å²) in [4.78, 5) is 44.2. The van der Waals surface area contributed by atoms with Crippen LogP contribution in [0, 0.1) is 0 Å². The zero-order valence-corrected chi connectivity index (χ0v) is 20.3. The van der Waals surface area contributed by atoms with Crippen molar-refractivity contribution in [2.24, 2.45) is 0 Å². The van der Waals surface area contributed by atoms with Crippen LogP contribution >= 0.6 is 22.9 Å². The normalized spacial score (nSPS) is 12.1. The molecule has 34 heavy (non-hydrogen) atoms. The maximum atomic E-state index is 13.1. The summed E-state index contributed by atoms with van der Waals surface area (Å²) < 4.78 is 5.95. The molecule has 0 aliphatic carbocycles. The van der Waals surface area contributed by atoms with Gasteiger partial charge in [-0.05, 0) is 29.7 Å². The van der Waals surface area contributed by atoms with Gasteiger partial charge in [0.1, 0.15) is 11.5 Å². The number of aliphatic hydroxyl groups is 1. The lowest BCUT2D eigenvalue weighted by molar-refractivity contribution is -0.146. The Bertz CT molecular complexity index is 1470. The van der Waals surface area contributed by atoms with E-state index in [1.165, 1.54) is 12.1 Å². The van der Waals surface area contributed by atoms with Crippen molar-refractivity contribution in [2.75, 3.05) is 3.53 Å². The summed E-state index contributed by atoms with van der Waals surface area (Å²) in [6, 6.07) is 13.9. The molecule has 0 radical (unpaired) electrons. The van der Waals surface area contributed by atoms with Gasteiger partial charge in [-0.2, -0.15) is 0 Å². The number of H-pyrrole nitrogens is 1. The van der Waals surface area contributed by atoms with Gasteiger partial charge >= 0.3 is 11.7 Å². The molecule has 0 amide bonds. The third kappa shape index (κ3) is 4.48. The number of benzene rings is 2. The first-order valence-electron chi connectivity index (χ1n) is 10.5. The Kier molecular flexibility index (Phi) is 6.84. The number of carbonyl (C=O) groups is 1. The molecule has 0 spiro atoms. The predicted octanol–water partition coefficient (Wildman–Crippen LogP) is 2.89. The number of aliphatic hydroxyl groups excluding tert-OH is 1. The van der Waals surface area contributed by atoms with Crippen LogP contribution in [0.2, 0.25) is 0 Å². The van der Waals surface area contributed by atoms with Crippen molar-refractivity contribution in [1.29, 1.82) is 0 Å². The van der Waals surface area contributed by atoms with Gasteiger partial charge in [-0.15, -0.1) is 0 Å². The molecule has 2 aromatic heterocycles. The van der Waals surface area contributed by atoms with Crippen molar-refractivity contribution in [3.8, 4) is 11.4 Å². The minimum atomic E-state index is -1.64. The van der Waals surface area contributed by atoms with Crippen LogP contribution in [0.25, 0.3) is 22.6 Å². The minimum Gasteiger partial charge on any atom is -0.479 e. The number of halogens is 1. The summed E-state index contributed by atoms with van der Waals surface area (Å²) in [6.45, 7) is 2.48. The van der Waals surface area contributed by atoms with E-state index in [1.54, 1.807) is 16.7 Å². The number of hydrogen-bond acceptors (Lipinski definition) is 6. The number of fused-ring (bicyclic) bond motifs is 1. The van der Waals surface area contributed by atoms with E-state index in [0.717, 1.165) is 15.8 Å². The van der Waals surface area contributed by atoms with Crippen molar-refractivity contribution in [3.05, 3.63) is 80.5 Å². The summed E-state index contributed by atoms with van der Waals surface area (Å²) in [5.41, 5.74) is 2.10. The van der Waals surface area contributed by atoms with Crippen molar-refractivity contribution in [2.45, 2.75) is 32.5 Å². The van der Waals surface area contributed by atoms with Crippen LogP contribution in [0.5, 0.6) is 0 Å². The molecular formula is C23H22IN5O5. The molecule has 10 nitrogen and oxygen atoms in total. The van der Waals surface area contributed by atoms with Crippen molar-refractivity contribution < 1.29 is 15.0 Å². The highest BCUT2D eigenvalue weighted by molar-refractivity contribution is 14.1. The SMILES string of the molecule is CCCn1c(=O)[nH]c2c(nc(-c3ccc(C(O)C(=O)O)cc3)n2Cc2cccc(NI)c2)c1=O. The molecule has 0 aliphatic rings. The second kappa shape index (κ2) is 9.81. The van der Waals surface area contributed by atoms with Gasteiger partial charge in [0, 0.05) is 17.8 Å². The number of nitrogens with one attached hydrogen (secondary N) is 2. The Morgan fingerprint density at radius 1 is 1.18 bits per heavy atom. The number of aromatic nitrogens is 4. The number of imidazole rings is 1. The number of aliphatic carboxylic acids is 1. The molecule has 1 unspecified atom stereocenters. The monoisotopic (exact) mass is 575 g/mol. The summed E-state index contributed by atoms with van der Waals surface area (Å²) in [7, 11) is 0. The van der Waals surface area contributed by atoms with Gasteiger partial charge in [0.05, 0.1) is 29.4 Å². The van der Waals surface area contributed by atoms with Crippen LogP contribution < -0.4 is 14.8 Å². The van der Waals surface area contributed by atoms with Crippen molar-refractivity contribution in [3.63, 3.8) is 0 Å². The van der Waals surface area contributed by atoms with Gasteiger partial charge in [-0.25, -0.2) is 14.6 Å². The van der Waals surface area contributed by atoms with E-state index in [1.807, 2.05) is 54.1 Å². The van der Waals surface area contributed by atoms with Crippen LogP contribution in [-0.4, -0.2) is 35.3 Å². The quantitative estimate of drug-likeness (QED) is 0.187. The standard InChI is InChI=1S/C23H22IN5O5/c1-2-10-28-21(31)17-20(26-23(28)34)29(12-13-4-3-5-16(11-13)27-24)19(25-17)15-8-6-14(7-9-15)18(30)22(32)33/h3-9,11,18,27,30H,2,10,12H2,1H3,(H,26,34)(H,32,33). The minimum absolute atomic E-state index is 0.140. The first-order chi connectivity index (χ1) is 16.3. The van der Waals surface area contributed by atoms with Gasteiger partial charge < -0.3 is 18.3 Å². The predicted molar refractivity (Wildman–Crippen MR) is 136 cm³/mol. The molecule has 1 atom stereocenters. The average molecular weight is 575 g/mol. The first-order valence-corrected chi connectivity index (χ1v) is 11.6. The number of carboxylic acids is 1. The summed E-state index contributed by atoms with van der Waals surface area (Å²) >= 11 is 2.04. The molecule has 2 aromatic carbocycles. The van der Waals surface area contributed by atoms with Crippen LogP contribution in [0.1, 0.15) is 30.6 Å². The maximum absolute atomic E-state index is 13.1. The molecule has 0 saturated heterocycles. The van der Waals surface area contributed by atoms with Crippen molar-refractivity contribution >= 4 is 45.7 Å². The first kappa shape index (κ1) is 23.7. The Morgan fingerprint density at radius 3 is 2.56 bits per heavy atom. The van der Waals surface area contributed by atoms with Crippen LogP contribution in [0.4, 0.5) is 5.69 Å². The highest BCUT2D eigenvalue weighted by Crippen LogP contribution is 2.26. The lowest BCUT2D eigenvalue weighted by atomic mass is 10.1. The number of aromatic amines is 1. The van der Waals surface area contributed by atoms with E-state index < -0.39 is 23.3 Å². The number of anilines is 1. The van der Waals surface area contributed by atoms with E-state index >= 15 is 0 Å². The van der Waals surface area contributed by atoms with E-state index in [0.29, 0.717) is 30.0 Å². The summed E-state index contributed by atoms with van der Waals surface area (Å²) in [5.74, 6) is -0.918. The second-order valence-corrected chi connectivity index (χ2v) is 8.30. The average Bonchev–Trinajstić information content (AvgIpc) is 3.19. The molecule has 11 heteroatoms. The van der Waals surface area contributed by atoms with Gasteiger partial charge in [0.2, 0.25) is 0 Å². The number of hydrogen-bond donors (Lipinski definition) is 4. The fourth-order valence-electron chi connectivity index (χ4n) is 3.79. The van der Waals surface area contributed by atoms with E-state index in [9.17, 15) is 19.5 Å². The molecular weight excluding hydrogens is 553 g/mol. The summed E-state index contributed by atoms with van der Waals surface area (Å²) in [5, 5.41) is 18.9. The number of rotatable bonds is 8. The molecule has 176 valence electrons. The van der Waals surface area contributed by atoms with E-state index in [-0.39, 0.29) is 17.6 Å². The Hall–Kier alpha value is -3.45. The lowest BCUT2D eigenvalue weighted by Gasteiger charge is -2.12. The van der Waals surface area contributed by atoms with E-state index in [2.05, 4.69) is 13.5 Å². The zero-order chi connectivity index (χ0) is 24.4. The molecule has 0 bridgehead atoms. The highest BCUT2D eigenvalue weighted by Gasteiger charge is 2.20. The Morgan fingerprint density at radius 2 is 1.91 bits per heavy atom. The van der Waals surface area contributed by atoms with Crippen LogP contribution in [-0.2, 0) is 17.9 Å². The van der Waals surface area contributed by atoms with E-state index in [4.69, 9.17) is 5.11 Å². The third-order valence-electron chi connectivity index (χ3n) is 5.43. The molecule has 2 heterocycles. The fraction of sp³-hybridized carbons (Fsp3) is 0.217. The van der Waals surface area contributed by atoms with Crippen molar-refractivity contribution in [1.82, 2.24) is 19.1 Å². The second-order valence-electron chi connectivity index (χ2n) is 7.76. The Labute approximate surface area is 207 Å². The van der Waals surface area contributed by atoms with Gasteiger partial charge in [-0.1, -0.05) is 43.3 Å². The lowest BCUT2D eigenvalue weighted by Crippen LogP contribution is -2.35. The largest absolute Gasteiger partial charge is 0.479 e. The molecule has 0 aliphatic heterocycles. The number of carboxylic acid groups (broad SMARTS) is 1. The molecule has 4 N–H and O–H groups in total. The molecule has 0 fully saturated rings. The third-order valence-corrected chi connectivity index (χ3v) is 6.05. The summed E-state index contributed by atoms with van der Waals surface area (Å²) in [6.07, 6.45) is -1.03. The zero-order valence-electron chi connectivity index (χ0n) is 18.2. The fourth-order valence-corrected chi connectivity index (χ4v) is 4.12. The topological polar surface area (TPSA) is 142 Å². The van der Waals surface area contributed by atoms with Gasteiger partial charge in [0.15, 0.2) is 11.6 Å². The molecule has 4 rings (SSSR count). The van der Waals surface area contributed by atoms with Crippen LogP contribution in [0.3, 0.4) is 0 Å². The molecule has 4 aromatic rings. The van der Waals surface area contributed by atoms with Gasteiger partial charge in [0.25, 0.3) is 5.56 Å². The van der Waals surface area contributed by atoms with Gasteiger partial charge in [-0.3, -0.25) is 14.3 Å². The Balaban J connectivity index is 1.91. The maximum Gasteiger partial charge on any atom is 0.337 e. The van der Waals surface area contributed by atoms with Crippen LogP contribution in [0.15, 0.2) is 58.1 Å². The highest BCUT2D eigenvalue weighted by atomic mass is 127.